The van der Waals surface area contributed by atoms with Crippen molar-refractivity contribution in [2.24, 2.45) is 0 Å². The van der Waals surface area contributed by atoms with Crippen LogP contribution in [0.15, 0.2) is 40.7 Å². The molecule has 3 heterocycles. The van der Waals surface area contributed by atoms with Gasteiger partial charge < -0.3 is 0 Å². The van der Waals surface area contributed by atoms with E-state index in [1.54, 1.807) is 0 Å². The Kier molecular flexibility index (Phi) is 3.97. The van der Waals surface area contributed by atoms with Crippen molar-refractivity contribution in [3.63, 3.8) is 0 Å². The SMILES string of the molecule is CC1=C(C)SC(=C2SC(C)=C(c3cccs3)S2)S1. The zero-order chi connectivity index (χ0) is 12.7. The molecule has 3 rings (SSSR count). The maximum Gasteiger partial charge on any atom is 0.0703 e. The summed E-state index contributed by atoms with van der Waals surface area (Å²) in [7, 11) is 0. The average Bonchev–Trinajstić information content (AvgIpc) is 3.01. The number of allylic oxidation sites excluding steroid dienone is 3. The number of hydrogen-bond acceptors (Lipinski definition) is 5. The fraction of sp³-hybridized carbons (Fsp3) is 0.231. The Labute approximate surface area is 129 Å². The van der Waals surface area contributed by atoms with E-state index in [-0.39, 0.29) is 0 Å². The second-order valence-electron chi connectivity index (χ2n) is 3.96. The lowest BCUT2D eigenvalue weighted by Crippen LogP contribution is -1.70. The van der Waals surface area contributed by atoms with Crippen LogP contribution in [0.5, 0.6) is 0 Å². The minimum absolute atomic E-state index is 1.40. The molecular weight excluding hydrogens is 316 g/mol. The predicted molar refractivity (Wildman–Crippen MR) is 92.7 cm³/mol. The maximum atomic E-state index is 2.23. The van der Waals surface area contributed by atoms with E-state index in [1.165, 1.54) is 33.0 Å². The zero-order valence-corrected chi connectivity index (χ0v) is 14.4. The van der Waals surface area contributed by atoms with Crippen LogP contribution in [0.4, 0.5) is 0 Å². The molecule has 0 aromatic carbocycles. The lowest BCUT2D eigenvalue weighted by atomic mass is 10.4. The highest BCUT2D eigenvalue weighted by molar-refractivity contribution is 8.35. The minimum Gasteiger partial charge on any atom is -0.143 e. The Balaban J connectivity index is 1.85. The van der Waals surface area contributed by atoms with Gasteiger partial charge in [-0.15, -0.1) is 11.3 Å². The summed E-state index contributed by atoms with van der Waals surface area (Å²) in [6, 6.07) is 4.35. The van der Waals surface area contributed by atoms with E-state index in [9.17, 15) is 0 Å². The molecule has 0 atom stereocenters. The molecule has 1 aromatic heterocycles. The van der Waals surface area contributed by atoms with Gasteiger partial charge in [-0.25, -0.2) is 0 Å². The molecule has 0 saturated carbocycles. The van der Waals surface area contributed by atoms with Gasteiger partial charge in [0.1, 0.15) is 0 Å². The lowest BCUT2D eigenvalue weighted by Gasteiger charge is -2.01. The van der Waals surface area contributed by atoms with Gasteiger partial charge in [-0.05, 0) is 42.0 Å². The van der Waals surface area contributed by atoms with Crippen LogP contribution >= 0.6 is 58.4 Å². The molecule has 0 nitrogen and oxygen atoms in total. The van der Waals surface area contributed by atoms with Crippen molar-refractivity contribution in [1.29, 1.82) is 0 Å². The van der Waals surface area contributed by atoms with Crippen molar-refractivity contribution in [3.05, 3.63) is 45.6 Å². The zero-order valence-electron chi connectivity index (χ0n) is 10.3. The van der Waals surface area contributed by atoms with Crippen LogP contribution in [-0.2, 0) is 0 Å². The molecule has 0 radical (unpaired) electrons. The van der Waals surface area contributed by atoms with Crippen molar-refractivity contribution in [2.45, 2.75) is 20.8 Å². The van der Waals surface area contributed by atoms with Gasteiger partial charge in [-0.3, -0.25) is 0 Å². The lowest BCUT2D eigenvalue weighted by molar-refractivity contribution is 1.57. The standard InChI is InChI=1S/C13H12S5/c1-7-8(2)16-12(15-7)13-17-9(3)11(18-13)10-5-4-6-14-10/h4-6H,1-3H3. The van der Waals surface area contributed by atoms with E-state index in [1.807, 2.05) is 58.4 Å². The van der Waals surface area contributed by atoms with Gasteiger partial charge >= 0.3 is 0 Å². The van der Waals surface area contributed by atoms with E-state index < -0.39 is 0 Å². The van der Waals surface area contributed by atoms with E-state index in [0.29, 0.717) is 0 Å². The van der Waals surface area contributed by atoms with Crippen molar-refractivity contribution >= 4 is 63.3 Å². The van der Waals surface area contributed by atoms with Crippen molar-refractivity contribution in [3.8, 4) is 0 Å². The smallest absolute Gasteiger partial charge is 0.0703 e. The molecule has 0 saturated heterocycles. The highest BCUT2D eigenvalue weighted by atomic mass is 32.2. The molecule has 2 aliphatic heterocycles. The quantitative estimate of drug-likeness (QED) is 0.557. The van der Waals surface area contributed by atoms with Crippen LogP contribution < -0.4 is 0 Å². The number of rotatable bonds is 1. The third kappa shape index (κ3) is 2.48. The van der Waals surface area contributed by atoms with Crippen LogP contribution in [0.3, 0.4) is 0 Å². The predicted octanol–water partition coefficient (Wildman–Crippen LogP) is 6.77. The fourth-order valence-corrected chi connectivity index (χ4v) is 8.03. The van der Waals surface area contributed by atoms with Crippen LogP contribution in [0.2, 0.25) is 0 Å². The van der Waals surface area contributed by atoms with Crippen LogP contribution in [0.25, 0.3) is 4.91 Å². The van der Waals surface area contributed by atoms with Gasteiger partial charge in [-0.1, -0.05) is 53.1 Å². The molecule has 18 heavy (non-hydrogen) atoms. The molecule has 0 N–H and O–H groups in total. The van der Waals surface area contributed by atoms with Crippen molar-refractivity contribution < 1.29 is 0 Å². The summed E-state index contributed by atoms with van der Waals surface area (Å²) in [5.74, 6) is 0. The monoisotopic (exact) mass is 328 g/mol. The summed E-state index contributed by atoms with van der Waals surface area (Å²) >= 11 is 9.57. The van der Waals surface area contributed by atoms with Gasteiger partial charge in [0.15, 0.2) is 0 Å². The van der Waals surface area contributed by atoms with Gasteiger partial charge in [0.25, 0.3) is 0 Å². The molecule has 0 unspecified atom stereocenters. The number of thioether (sulfide) groups is 4. The summed E-state index contributed by atoms with van der Waals surface area (Å²) in [5.41, 5.74) is 0. The Bertz CT molecular complexity index is 559. The van der Waals surface area contributed by atoms with Crippen molar-refractivity contribution in [1.82, 2.24) is 0 Å². The second-order valence-corrected chi connectivity index (χ2v) is 10.1. The Hall–Kier alpha value is 0.320. The van der Waals surface area contributed by atoms with Crippen LogP contribution in [0, 0.1) is 0 Å². The molecule has 1 aromatic rings. The first-order chi connectivity index (χ1) is 8.65. The molecule has 2 aliphatic rings. The van der Waals surface area contributed by atoms with Crippen LogP contribution in [-0.4, -0.2) is 0 Å². The molecule has 0 aliphatic carbocycles. The third-order valence-corrected chi connectivity index (χ3v) is 9.47. The molecule has 94 valence electrons. The second kappa shape index (κ2) is 5.37. The first kappa shape index (κ1) is 13.3. The first-order valence-electron chi connectivity index (χ1n) is 5.53. The Morgan fingerprint density at radius 2 is 1.39 bits per heavy atom. The topological polar surface area (TPSA) is 0 Å². The summed E-state index contributed by atoms with van der Waals surface area (Å²) in [4.78, 5) is 7.18. The van der Waals surface area contributed by atoms with E-state index in [4.69, 9.17) is 0 Å². The van der Waals surface area contributed by atoms with Gasteiger partial charge in [0.05, 0.1) is 8.47 Å². The Morgan fingerprint density at radius 1 is 0.778 bits per heavy atom. The summed E-state index contributed by atoms with van der Waals surface area (Å²) in [6.45, 7) is 6.66. The molecule has 0 fully saturated rings. The molecular formula is C13H12S5. The molecule has 5 heteroatoms. The summed E-state index contributed by atoms with van der Waals surface area (Å²) < 4.78 is 2.92. The third-order valence-electron chi connectivity index (χ3n) is 2.66. The summed E-state index contributed by atoms with van der Waals surface area (Å²) in [6.07, 6.45) is 0. The van der Waals surface area contributed by atoms with Crippen molar-refractivity contribution in [2.75, 3.05) is 0 Å². The largest absolute Gasteiger partial charge is 0.143 e. The highest BCUT2D eigenvalue weighted by Gasteiger charge is 2.26. The van der Waals surface area contributed by atoms with Gasteiger partial charge in [0.2, 0.25) is 0 Å². The van der Waals surface area contributed by atoms with E-state index in [2.05, 4.69) is 38.3 Å². The average molecular weight is 329 g/mol. The molecule has 0 bridgehead atoms. The van der Waals surface area contributed by atoms with Gasteiger partial charge in [0, 0.05) is 14.7 Å². The molecule has 0 spiro atoms. The maximum absolute atomic E-state index is 2.23. The van der Waals surface area contributed by atoms with E-state index in [0.717, 1.165) is 0 Å². The Morgan fingerprint density at radius 3 is 2.00 bits per heavy atom. The fourth-order valence-electron chi connectivity index (χ4n) is 1.61. The first-order valence-corrected chi connectivity index (χ1v) is 9.67. The van der Waals surface area contributed by atoms with Gasteiger partial charge in [-0.2, -0.15) is 0 Å². The summed E-state index contributed by atoms with van der Waals surface area (Å²) in [5, 5.41) is 2.15. The minimum atomic E-state index is 1.40. The van der Waals surface area contributed by atoms with Crippen LogP contribution in [0.1, 0.15) is 25.6 Å². The van der Waals surface area contributed by atoms with E-state index >= 15 is 0 Å². The normalized spacial score (nSPS) is 20.6. The number of thiophene rings is 1. The number of hydrogen-bond donors (Lipinski definition) is 0. The molecule has 0 amide bonds. The highest BCUT2D eigenvalue weighted by Crippen LogP contribution is 2.61.